The molecule has 0 aliphatic carbocycles. The fourth-order valence-electron chi connectivity index (χ4n) is 8.63. The van der Waals surface area contributed by atoms with Crippen LogP contribution in [0.4, 0.5) is 0 Å². The highest BCUT2D eigenvalue weighted by Gasteiger charge is 2.56. The summed E-state index contributed by atoms with van der Waals surface area (Å²) in [7, 11) is 1.59. The summed E-state index contributed by atoms with van der Waals surface area (Å²) in [5, 5.41) is 0. The van der Waals surface area contributed by atoms with Crippen molar-refractivity contribution in [1.29, 1.82) is 0 Å². The zero-order valence-corrected chi connectivity index (χ0v) is 37.1. The van der Waals surface area contributed by atoms with Crippen LogP contribution >= 0.6 is 0 Å². The maximum absolute atomic E-state index is 7.28. The molecule has 3 heterocycles. The van der Waals surface area contributed by atoms with Crippen LogP contribution in [0.15, 0.2) is 182 Å². The van der Waals surface area contributed by atoms with E-state index in [0.717, 1.165) is 33.4 Å². The maximum Gasteiger partial charge on any atom is 0.187 e. The molecule has 0 saturated carbocycles. The molecule has 0 radical (unpaired) electrons. The standard InChI is InChI=1S/C55H58O11/c1-56-54-52(50(60-35-42-26-14-5-15-27-42)48-46(63-54)38-62-53(65-48)44-30-18-7-19-31-44)66-55-51(61-36-43-28-16-6-17-29-43)49(59-34-41-24-12-4-13-25-41)47(58-33-40-22-10-3-11-23-40)45(64-55)37-57-32-39-20-8-2-9-21-39/h2-31,45-55H,32-38H2,1H3/t45-,46-,47-,48-,49+,50+,51-,52-,53-,54+,55+/m1/s1. The molecule has 0 N–H and O–H groups in total. The minimum absolute atomic E-state index is 0.164. The molecule has 9 rings (SSSR count). The molecule has 0 aromatic heterocycles. The van der Waals surface area contributed by atoms with Gasteiger partial charge in [0.05, 0.1) is 46.2 Å². The van der Waals surface area contributed by atoms with Crippen LogP contribution in [0.3, 0.4) is 0 Å². The van der Waals surface area contributed by atoms with Gasteiger partial charge >= 0.3 is 0 Å². The van der Waals surface area contributed by atoms with Crippen molar-refractivity contribution in [3.8, 4) is 0 Å². The lowest BCUT2D eigenvalue weighted by Gasteiger charge is -2.51. The van der Waals surface area contributed by atoms with E-state index < -0.39 is 67.7 Å². The van der Waals surface area contributed by atoms with E-state index in [4.69, 9.17) is 52.1 Å². The molecule has 3 fully saturated rings. The highest BCUT2D eigenvalue weighted by atomic mass is 16.8. The molecule has 3 aliphatic heterocycles. The number of hydrogen-bond acceptors (Lipinski definition) is 11. The topological polar surface area (TPSA) is 102 Å². The Morgan fingerprint density at radius 2 is 0.864 bits per heavy atom. The Hall–Kier alpha value is -5.12. The zero-order valence-electron chi connectivity index (χ0n) is 37.1. The first kappa shape index (κ1) is 46.0. The summed E-state index contributed by atoms with van der Waals surface area (Å²) >= 11 is 0. The van der Waals surface area contributed by atoms with Gasteiger partial charge in [0.1, 0.15) is 48.8 Å². The van der Waals surface area contributed by atoms with Crippen molar-refractivity contribution in [1.82, 2.24) is 0 Å². The van der Waals surface area contributed by atoms with Crippen LogP contribution in [0.5, 0.6) is 0 Å². The van der Waals surface area contributed by atoms with Gasteiger partial charge in [0.2, 0.25) is 0 Å². The van der Waals surface area contributed by atoms with Gasteiger partial charge in [-0.3, -0.25) is 0 Å². The van der Waals surface area contributed by atoms with Gasteiger partial charge in [-0.25, -0.2) is 0 Å². The lowest BCUT2D eigenvalue weighted by atomic mass is 9.95. The van der Waals surface area contributed by atoms with E-state index in [1.165, 1.54) is 0 Å². The molecule has 0 amide bonds. The number of rotatable bonds is 20. The Morgan fingerprint density at radius 1 is 0.424 bits per heavy atom. The molecule has 11 nitrogen and oxygen atoms in total. The quantitative estimate of drug-likeness (QED) is 0.0734. The Morgan fingerprint density at radius 3 is 1.36 bits per heavy atom. The normalized spacial score (nSPS) is 27.5. The average molecular weight is 895 g/mol. The van der Waals surface area contributed by atoms with Gasteiger partial charge in [0.25, 0.3) is 0 Å². The Labute approximate surface area is 387 Å². The summed E-state index contributed by atoms with van der Waals surface area (Å²) in [5.41, 5.74) is 5.87. The molecular weight excluding hydrogens is 837 g/mol. The van der Waals surface area contributed by atoms with Gasteiger partial charge in [-0.15, -0.1) is 0 Å². The van der Waals surface area contributed by atoms with E-state index in [1.807, 2.05) is 182 Å². The summed E-state index contributed by atoms with van der Waals surface area (Å²) in [5.74, 6) is 0. The molecule has 0 unspecified atom stereocenters. The summed E-state index contributed by atoms with van der Waals surface area (Å²) in [6, 6.07) is 60.1. The maximum atomic E-state index is 7.28. The molecule has 11 heteroatoms. The summed E-state index contributed by atoms with van der Waals surface area (Å²) in [4.78, 5) is 0. The number of methoxy groups -OCH3 is 1. The minimum Gasteiger partial charge on any atom is -0.374 e. The predicted octanol–water partition coefficient (Wildman–Crippen LogP) is 9.14. The van der Waals surface area contributed by atoms with Crippen LogP contribution in [0.2, 0.25) is 0 Å². The number of ether oxygens (including phenoxy) is 11. The van der Waals surface area contributed by atoms with Gasteiger partial charge in [-0.05, 0) is 27.8 Å². The van der Waals surface area contributed by atoms with Crippen LogP contribution in [-0.4, -0.2) is 81.7 Å². The van der Waals surface area contributed by atoms with Crippen molar-refractivity contribution in [2.24, 2.45) is 0 Å². The fraction of sp³-hybridized carbons (Fsp3) is 0.345. The summed E-state index contributed by atoms with van der Waals surface area (Å²) < 4.78 is 74.5. The molecule has 6 aromatic rings. The van der Waals surface area contributed by atoms with Crippen molar-refractivity contribution in [3.05, 3.63) is 215 Å². The summed E-state index contributed by atoms with van der Waals surface area (Å²) in [6.07, 6.45) is -8.26. The first-order valence-electron chi connectivity index (χ1n) is 22.7. The van der Waals surface area contributed by atoms with Gasteiger partial charge in [-0.1, -0.05) is 182 Å². The third-order valence-electron chi connectivity index (χ3n) is 12.0. The molecule has 0 bridgehead atoms. The van der Waals surface area contributed by atoms with E-state index >= 15 is 0 Å². The average Bonchev–Trinajstić information content (AvgIpc) is 3.38. The predicted molar refractivity (Wildman–Crippen MR) is 245 cm³/mol. The molecule has 344 valence electrons. The van der Waals surface area contributed by atoms with Gasteiger partial charge in [0.15, 0.2) is 18.9 Å². The Balaban J connectivity index is 1.08. The smallest absolute Gasteiger partial charge is 0.187 e. The second-order valence-electron chi connectivity index (χ2n) is 16.6. The second-order valence-corrected chi connectivity index (χ2v) is 16.6. The van der Waals surface area contributed by atoms with E-state index in [2.05, 4.69) is 0 Å². The van der Waals surface area contributed by atoms with E-state index in [1.54, 1.807) is 7.11 Å². The highest BCUT2D eigenvalue weighted by molar-refractivity contribution is 5.19. The van der Waals surface area contributed by atoms with Crippen LogP contribution in [0, 0.1) is 0 Å². The van der Waals surface area contributed by atoms with Gasteiger partial charge in [-0.2, -0.15) is 0 Å². The van der Waals surface area contributed by atoms with E-state index in [0.29, 0.717) is 13.2 Å². The lowest BCUT2D eigenvalue weighted by Crippen LogP contribution is -2.67. The molecule has 11 atom stereocenters. The molecular formula is C55H58O11. The molecule has 6 aromatic carbocycles. The fourth-order valence-corrected chi connectivity index (χ4v) is 8.63. The SMILES string of the molecule is CO[C@H]1O[C@@H]2CO[C@@H](c3ccccc3)O[C@H]2[C@H](OCc2ccccc2)[C@H]1O[C@@H]1O[C@H](COCc2ccccc2)[C@@H](OCc2ccccc2)[C@H](OCc2ccccc2)[C@H]1OCc1ccccc1. The van der Waals surface area contributed by atoms with Crippen LogP contribution < -0.4 is 0 Å². The van der Waals surface area contributed by atoms with Gasteiger partial charge < -0.3 is 52.1 Å². The monoisotopic (exact) mass is 894 g/mol. The van der Waals surface area contributed by atoms with Crippen LogP contribution in [0.1, 0.15) is 39.7 Å². The number of benzene rings is 6. The molecule has 3 aliphatic rings. The highest BCUT2D eigenvalue weighted by Crippen LogP contribution is 2.40. The summed E-state index contributed by atoms with van der Waals surface area (Å²) in [6.45, 7) is 1.88. The number of hydrogen-bond donors (Lipinski definition) is 0. The molecule has 0 spiro atoms. The Kier molecular flexibility index (Phi) is 16.4. The van der Waals surface area contributed by atoms with E-state index in [9.17, 15) is 0 Å². The van der Waals surface area contributed by atoms with Gasteiger partial charge in [0, 0.05) is 12.7 Å². The van der Waals surface area contributed by atoms with Crippen molar-refractivity contribution in [3.63, 3.8) is 0 Å². The van der Waals surface area contributed by atoms with Crippen LogP contribution in [0.25, 0.3) is 0 Å². The van der Waals surface area contributed by atoms with Crippen molar-refractivity contribution >= 4 is 0 Å². The third-order valence-corrected chi connectivity index (χ3v) is 12.0. The molecule has 3 saturated heterocycles. The lowest BCUT2D eigenvalue weighted by molar-refractivity contribution is -0.400. The first-order valence-corrected chi connectivity index (χ1v) is 22.7. The van der Waals surface area contributed by atoms with Crippen molar-refractivity contribution in [2.75, 3.05) is 20.3 Å². The van der Waals surface area contributed by atoms with E-state index in [-0.39, 0.29) is 33.0 Å². The minimum atomic E-state index is -1.06. The third kappa shape index (κ3) is 12.1. The molecule has 66 heavy (non-hydrogen) atoms. The second kappa shape index (κ2) is 23.6. The van der Waals surface area contributed by atoms with Crippen molar-refractivity contribution in [2.45, 2.75) is 101 Å². The van der Waals surface area contributed by atoms with Crippen LogP contribution in [-0.2, 0) is 85.1 Å². The zero-order chi connectivity index (χ0) is 44.8. The van der Waals surface area contributed by atoms with Crippen molar-refractivity contribution < 1.29 is 52.1 Å². The Bertz CT molecular complexity index is 2280. The number of fused-ring (bicyclic) bond motifs is 1. The largest absolute Gasteiger partial charge is 0.374 e. The first-order chi connectivity index (χ1) is 32.7.